The van der Waals surface area contributed by atoms with Crippen LogP contribution >= 0.6 is 22.6 Å². The van der Waals surface area contributed by atoms with Crippen LogP contribution in [-0.4, -0.2) is 12.1 Å². The molecule has 0 unspecified atom stereocenters. The average molecular weight is 315 g/mol. The van der Waals surface area contributed by atoms with Gasteiger partial charge in [-0.25, -0.2) is 4.98 Å². The van der Waals surface area contributed by atoms with Crippen LogP contribution in [0.4, 0.5) is 0 Å². The third-order valence-electron chi connectivity index (χ3n) is 2.01. The van der Waals surface area contributed by atoms with Gasteiger partial charge in [-0.05, 0) is 18.2 Å². The molecule has 3 nitrogen and oxygen atoms in total. The highest BCUT2D eigenvalue weighted by atomic mass is 127. The van der Waals surface area contributed by atoms with E-state index in [-0.39, 0.29) is 0 Å². The van der Waals surface area contributed by atoms with Crippen LogP contribution in [0.2, 0.25) is 0 Å². The topological polar surface area (TPSA) is 35.3 Å². The maximum atomic E-state index is 5.37. The fourth-order valence-corrected chi connectivity index (χ4v) is 1.61. The standard InChI is InChI=1S/C11H10INO2/c1-14-10-4-2-3-8(5-10)11-13-9(6-12)7-15-11/h2-5,7H,6H2,1H3. The van der Waals surface area contributed by atoms with Crippen molar-refractivity contribution in [1.29, 1.82) is 0 Å². The second kappa shape index (κ2) is 4.65. The van der Waals surface area contributed by atoms with Gasteiger partial charge in [0.2, 0.25) is 5.89 Å². The lowest BCUT2D eigenvalue weighted by molar-refractivity contribution is 0.414. The van der Waals surface area contributed by atoms with Crippen LogP contribution in [0.1, 0.15) is 5.69 Å². The van der Waals surface area contributed by atoms with Gasteiger partial charge in [0.05, 0.1) is 12.8 Å². The SMILES string of the molecule is COc1cccc(-c2nc(CI)co2)c1. The molecule has 0 atom stereocenters. The molecule has 0 aliphatic heterocycles. The summed E-state index contributed by atoms with van der Waals surface area (Å²) in [7, 11) is 1.64. The van der Waals surface area contributed by atoms with Gasteiger partial charge in [0.15, 0.2) is 0 Å². The maximum Gasteiger partial charge on any atom is 0.226 e. The first-order valence-electron chi connectivity index (χ1n) is 4.48. The first-order valence-corrected chi connectivity index (χ1v) is 6.01. The van der Waals surface area contributed by atoms with Gasteiger partial charge >= 0.3 is 0 Å². The molecule has 0 fully saturated rings. The molecule has 2 rings (SSSR count). The highest BCUT2D eigenvalue weighted by Crippen LogP contribution is 2.23. The monoisotopic (exact) mass is 315 g/mol. The summed E-state index contributed by atoms with van der Waals surface area (Å²) in [5.41, 5.74) is 1.89. The van der Waals surface area contributed by atoms with Gasteiger partial charge in [0, 0.05) is 9.99 Å². The number of methoxy groups -OCH3 is 1. The molecule has 78 valence electrons. The van der Waals surface area contributed by atoms with Crippen LogP contribution in [0.3, 0.4) is 0 Å². The van der Waals surface area contributed by atoms with Crippen molar-refractivity contribution in [3.05, 3.63) is 36.2 Å². The summed E-state index contributed by atoms with van der Waals surface area (Å²) in [5, 5.41) is 0. The summed E-state index contributed by atoms with van der Waals surface area (Å²) in [6, 6.07) is 7.67. The molecule has 0 saturated carbocycles. The number of oxazole rings is 1. The van der Waals surface area contributed by atoms with Crippen molar-refractivity contribution in [2.45, 2.75) is 4.43 Å². The summed E-state index contributed by atoms with van der Waals surface area (Å²) in [5.74, 6) is 1.45. The summed E-state index contributed by atoms with van der Waals surface area (Å²) in [4.78, 5) is 4.34. The number of nitrogens with zero attached hydrogens (tertiary/aromatic N) is 1. The Labute approximate surface area is 102 Å². The summed E-state index contributed by atoms with van der Waals surface area (Å²) in [6.45, 7) is 0. The van der Waals surface area contributed by atoms with Gasteiger partial charge < -0.3 is 9.15 Å². The third-order valence-corrected chi connectivity index (χ3v) is 2.79. The minimum atomic E-state index is 0.639. The molecule has 0 spiro atoms. The molecule has 0 aliphatic rings. The summed E-state index contributed by atoms with van der Waals surface area (Å²) < 4.78 is 11.4. The molecule has 15 heavy (non-hydrogen) atoms. The Balaban J connectivity index is 2.35. The molecular formula is C11H10INO2. The fourth-order valence-electron chi connectivity index (χ4n) is 1.26. The van der Waals surface area contributed by atoms with E-state index in [2.05, 4.69) is 27.6 Å². The van der Waals surface area contributed by atoms with Gasteiger partial charge in [-0.2, -0.15) is 0 Å². The first kappa shape index (κ1) is 10.5. The van der Waals surface area contributed by atoms with Crippen molar-refractivity contribution in [3.8, 4) is 17.2 Å². The zero-order valence-corrected chi connectivity index (χ0v) is 10.4. The zero-order valence-electron chi connectivity index (χ0n) is 8.24. The molecule has 0 radical (unpaired) electrons. The lowest BCUT2D eigenvalue weighted by Gasteiger charge is -2.00. The van der Waals surface area contributed by atoms with Gasteiger partial charge in [0.25, 0.3) is 0 Å². The Hall–Kier alpha value is -1.04. The lowest BCUT2D eigenvalue weighted by atomic mass is 10.2. The van der Waals surface area contributed by atoms with Crippen molar-refractivity contribution < 1.29 is 9.15 Å². The van der Waals surface area contributed by atoms with E-state index < -0.39 is 0 Å². The number of alkyl halides is 1. The predicted octanol–water partition coefficient (Wildman–Crippen LogP) is 3.29. The molecule has 1 aromatic carbocycles. The van der Waals surface area contributed by atoms with E-state index in [1.807, 2.05) is 24.3 Å². The molecule has 0 aliphatic carbocycles. The highest BCUT2D eigenvalue weighted by Gasteiger charge is 2.06. The van der Waals surface area contributed by atoms with Crippen LogP contribution in [0.5, 0.6) is 5.75 Å². The molecule has 0 saturated heterocycles. The Morgan fingerprint density at radius 3 is 3.00 bits per heavy atom. The van der Waals surface area contributed by atoms with E-state index in [4.69, 9.17) is 9.15 Å². The van der Waals surface area contributed by atoms with Crippen molar-refractivity contribution in [1.82, 2.24) is 4.98 Å². The quantitative estimate of drug-likeness (QED) is 0.644. The predicted molar refractivity (Wildman–Crippen MR) is 66.2 cm³/mol. The van der Waals surface area contributed by atoms with Crippen LogP contribution in [-0.2, 0) is 4.43 Å². The second-order valence-electron chi connectivity index (χ2n) is 3.01. The van der Waals surface area contributed by atoms with Crippen LogP contribution < -0.4 is 4.74 Å². The second-order valence-corrected chi connectivity index (χ2v) is 3.77. The smallest absolute Gasteiger partial charge is 0.226 e. The number of hydrogen-bond donors (Lipinski definition) is 0. The number of ether oxygens (including phenoxy) is 1. The maximum absolute atomic E-state index is 5.37. The van der Waals surface area contributed by atoms with Crippen molar-refractivity contribution in [2.24, 2.45) is 0 Å². The number of hydrogen-bond acceptors (Lipinski definition) is 3. The van der Waals surface area contributed by atoms with Crippen molar-refractivity contribution >= 4 is 22.6 Å². The molecule has 1 heterocycles. The highest BCUT2D eigenvalue weighted by molar-refractivity contribution is 14.1. The molecule has 0 bridgehead atoms. The number of rotatable bonds is 3. The summed E-state index contributed by atoms with van der Waals surface area (Å²) in [6.07, 6.45) is 1.68. The Bertz CT molecular complexity index is 453. The van der Waals surface area contributed by atoms with Gasteiger partial charge in [-0.1, -0.05) is 28.7 Å². The third kappa shape index (κ3) is 2.31. The van der Waals surface area contributed by atoms with E-state index in [0.29, 0.717) is 5.89 Å². The Kier molecular flexibility index (Phi) is 3.25. The minimum Gasteiger partial charge on any atom is -0.497 e. The Morgan fingerprint density at radius 1 is 1.47 bits per heavy atom. The van der Waals surface area contributed by atoms with E-state index in [0.717, 1.165) is 21.4 Å². The summed E-state index contributed by atoms with van der Waals surface area (Å²) >= 11 is 2.25. The van der Waals surface area contributed by atoms with Crippen molar-refractivity contribution in [2.75, 3.05) is 7.11 Å². The number of benzene rings is 1. The molecule has 2 aromatic rings. The zero-order chi connectivity index (χ0) is 10.7. The molecular weight excluding hydrogens is 305 g/mol. The average Bonchev–Trinajstić information content (AvgIpc) is 2.78. The number of halogens is 1. The van der Waals surface area contributed by atoms with Crippen LogP contribution in [0.25, 0.3) is 11.5 Å². The number of aromatic nitrogens is 1. The molecule has 0 amide bonds. The van der Waals surface area contributed by atoms with Gasteiger partial charge in [0.1, 0.15) is 12.0 Å². The van der Waals surface area contributed by atoms with E-state index in [1.165, 1.54) is 0 Å². The van der Waals surface area contributed by atoms with E-state index >= 15 is 0 Å². The van der Waals surface area contributed by atoms with Gasteiger partial charge in [-0.15, -0.1) is 0 Å². The molecule has 4 heteroatoms. The molecule has 0 N–H and O–H groups in total. The van der Waals surface area contributed by atoms with E-state index in [1.54, 1.807) is 13.4 Å². The van der Waals surface area contributed by atoms with Crippen molar-refractivity contribution in [3.63, 3.8) is 0 Å². The normalized spacial score (nSPS) is 10.3. The van der Waals surface area contributed by atoms with E-state index in [9.17, 15) is 0 Å². The Morgan fingerprint density at radius 2 is 2.33 bits per heavy atom. The van der Waals surface area contributed by atoms with Crippen LogP contribution in [0, 0.1) is 0 Å². The largest absolute Gasteiger partial charge is 0.497 e. The minimum absolute atomic E-state index is 0.639. The fraction of sp³-hybridized carbons (Fsp3) is 0.182. The lowest BCUT2D eigenvalue weighted by Crippen LogP contribution is -1.84. The van der Waals surface area contributed by atoms with Gasteiger partial charge in [-0.3, -0.25) is 0 Å². The molecule has 1 aromatic heterocycles. The first-order chi connectivity index (χ1) is 7.33. The van der Waals surface area contributed by atoms with Crippen LogP contribution in [0.15, 0.2) is 34.9 Å².